The first-order chi connectivity index (χ1) is 9.44. The van der Waals surface area contributed by atoms with Crippen molar-refractivity contribution in [2.45, 2.75) is 39.9 Å². The quantitative estimate of drug-likeness (QED) is 0.766. The molecule has 0 saturated heterocycles. The number of aliphatic hydroxyl groups excluding tert-OH is 1. The highest BCUT2D eigenvalue weighted by Gasteiger charge is 2.20. The van der Waals surface area contributed by atoms with E-state index in [4.69, 9.17) is 9.84 Å². The summed E-state index contributed by atoms with van der Waals surface area (Å²) in [5.74, 6) is -0.119. The SMILES string of the molecule is CC(OCc1ccccc1)C(=O)NCC(C)(C)CCO. The van der Waals surface area contributed by atoms with Crippen LogP contribution in [0.15, 0.2) is 30.3 Å². The fourth-order valence-electron chi connectivity index (χ4n) is 1.73. The Balaban J connectivity index is 2.32. The van der Waals surface area contributed by atoms with E-state index in [1.807, 2.05) is 44.2 Å². The number of amides is 1. The second-order valence-electron chi connectivity index (χ2n) is 5.79. The predicted molar refractivity (Wildman–Crippen MR) is 79.2 cm³/mol. The molecule has 0 heterocycles. The van der Waals surface area contributed by atoms with Gasteiger partial charge >= 0.3 is 0 Å². The van der Waals surface area contributed by atoms with E-state index in [1.165, 1.54) is 0 Å². The summed E-state index contributed by atoms with van der Waals surface area (Å²) in [5.41, 5.74) is 0.941. The van der Waals surface area contributed by atoms with Crippen LogP contribution in [-0.2, 0) is 16.1 Å². The third kappa shape index (κ3) is 6.17. The lowest BCUT2D eigenvalue weighted by Gasteiger charge is -2.24. The first kappa shape index (κ1) is 16.7. The molecule has 0 bridgehead atoms. The average Bonchev–Trinajstić information content (AvgIpc) is 2.43. The summed E-state index contributed by atoms with van der Waals surface area (Å²) in [6.07, 6.45) is 0.173. The van der Waals surface area contributed by atoms with Gasteiger partial charge in [-0.2, -0.15) is 0 Å². The summed E-state index contributed by atoms with van der Waals surface area (Å²) in [5, 5.41) is 11.8. The van der Waals surface area contributed by atoms with Crippen molar-refractivity contribution in [3.8, 4) is 0 Å². The molecule has 4 heteroatoms. The van der Waals surface area contributed by atoms with E-state index in [2.05, 4.69) is 5.32 Å². The second-order valence-corrected chi connectivity index (χ2v) is 5.79. The Bertz CT molecular complexity index is 403. The van der Waals surface area contributed by atoms with Crippen molar-refractivity contribution in [3.63, 3.8) is 0 Å². The maximum absolute atomic E-state index is 11.9. The maximum atomic E-state index is 11.9. The van der Waals surface area contributed by atoms with Gasteiger partial charge < -0.3 is 15.2 Å². The fraction of sp³-hybridized carbons (Fsp3) is 0.562. The zero-order valence-electron chi connectivity index (χ0n) is 12.6. The smallest absolute Gasteiger partial charge is 0.248 e. The Morgan fingerprint density at radius 2 is 2.00 bits per heavy atom. The van der Waals surface area contributed by atoms with Gasteiger partial charge in [0.15, 0.2) is 0 Å². The highest BCUT2D eigenvalue weighted by molar-refractivity contribution is 5.80. The number of carbonyl (C=O) groups excluding carboxylic acids is 1. The highest BCUT2D eigenvalue weighted by Crippen LogP contribution is 2.18. The van der Waals surface area contributed by atoms with E-state index in [0.29, 0.717) is 19.6 Å². The van der Waals surface area contributed by atoms with Gasteiger partial charge in [0, 0.05) is 13.2 Å². The lowest BCUT2D eigenvalue weighted by atomic mass is 9.90. The van der Waals surface area contributed by atoms with Crippen molar-refractivity contribution < 1.29 is 14.6 Å². The number of nitrogens with one attached hydrogen (secondary N) is 1. The second kappa shape index (κ2) is 8.02. The van der Waals surface area contributed by atoms with Crippen LogP contribution < -0.4 is 5.32 Å². The third-order valence-corrected chi connectivity index (χ3v) is 3.24. The van der Waals surface area contributed by atoms with E-state index in [9.17, 15) is 4.79 Å². The molecule has 112 valence electrons. The summed E-state index contributed by atoms with van der Waals surface area (Å²) in [7, 11) is 0. The van der Waals surface area contributed by atoms with Gasteiger partial charge in [-0.1, -0.05) is 44.2 Å². The van der Waals surface area contributed by atoms with Crippen molar-refractivity contribution in [3.05, 3.63) is 35.9 Å². The average molecular weight is 279 g/mol. The molecule has 1 unspecified atom stereocenters. The first-order valence-corrected chi connectivity index (χ1v) is 6.99. The van der Waals surface area contributed by atoms with Gasteiger partial charge in [-0.05, 0) is 24.3 Å². The molecule has 1 atom stereocenters. The Hall–Kier alpha value is -1.39. The van der Waals surface area contributed by atoms with Crippen LogP contribution in [0.2, 0.25) is 0 Å². The van der Waals surface area contributed by atoms with Gasteiger partial charge in [0.1, 0.15) is 6.10 Å². The summed E-state index contributed by atoms with van der Waals surface area (Å²) < 4.78 is 5.55. The molecule has 0 saturated carbocycles. The summed E-state index contributed by atoms with van der Waals surface area (Å²) in [6.45, 7) is 6.86. The van der Waals surface area contributed by atoms with E-state index < -0.39 is 6.10 Å². The van der Waals surface area contributed by atoms with Crippen molar-refractivity contribution >= 4 is 5.91 Å². The Kier molecular flexibility index (Phi) is 6.68. The molecular formula is C16H25NO3. The summed E-state index contributed by atoms with van der Waals surface area (Å²) >= 11 is 0. The fourth-order valence-corrected chi connectivity index (χ4v) is 1.73. The molecule has 0 fully saturated rings. The minimum absolute atomic E-state index is 0.108. The Morgan fingerprint density at radius 3 is 2.60 bits per heavy atom. The van der Waals surface area contributed by atoms with Crippen LogP contribution in [0.4, 0.5) is 0 Å². The van der Waals surface area contributed by atoms with Crippen molar-refractivity contribution in [2.75, 3.05) is 13.2 Å². The van der Waals surface area contributed by atoms with Crippen molar-refractivity contribution in [1.82, 2.24) is 5.32 Å². The molecule has 1 aromatic rings. The minimum atomic E-state index is -0.486. The van der Waals surface area contributed by atoms with Crippen molar-refractivity contribution in [2.24, 2.45) is 5.41 Å². The molecule has 0 radical (unpaired) electrons. The number of hydrogen-bond donors (Lipinski definition) is 2. The lowest BCUT2D eigenvalue weighted by Crippen LogP contribution is -2.40. The molecule has 20 heavy (non-hydrogen) atoms. The minimum Gasteiger partial charge on any atom is -0.396 e. The van der Waals surface area contributed by atoms with Gasteiger partial charge in [0.05, 0.1) is 6.61 Å². The first-order valence-electron chi connectivity index (χ1n) is 6.99. The van der Waals surface area contributed by atoms with Gasteiger partial charge in [-0.3, -0.25) is 4.79 Å². The molecule has 1 rings (SSSR count). The summed E-state index contributed by atoms with van der Waals surface area (Å²) in [4.78, 5) is 11.9. The third-order valence-electron chi connectivity index (χ3n) is 3.24. The van der Waals surface area contributed by atoms with Crippen LogP contribution in [0.1, 0.15) is 32.8 Å². The zero-order chi connectivity index (χ0) is 15.0. The standard InChI is InChI=1S/C16H25NO3/c1-13(20-11-14-7-5-4-6-8-14)15(19)17-12-16(2,3)9-10-18/h4-8,13,18H,9-12H2,1-3H3,(H,17,19). The van der Waals surface area contributed by atoms with Gasteiger partial charge in [0.25, 0.3) is 0 Å². The van der Waals surface area contributed by atoms with Gasteiger partial charge in [-0.15, -0.1) is 0 Å². The van der Waals surface area contributed by atoms with Gasteiger partial charge in [0.2, 0.25) is 5.91 Å². The van der Waals surface area contributed by atoms with Crippen LogP contribution in [-0.4, -0.2) is 30.3 Å². The molecule has 4 nitrogen and oxygen atoms in total. The Labute approximate surface area is 121 Å². The van der Waals surface area contributed by atoms with Crippen LogP contribution >= 0.6 is 0 Å². The maximum Gasteiger partial charge on any atom is 0.248 e. The van der Waals surface area contributed by atoms with Crippen LogP contribution in [0.5, 0.6) is 0 Å². The van der Waals surface area contributed by atoms with Crippen LogP contribution in [0, 0.1) is 5.41 Å². The molecular weight excluding hydrogens is 254 g/mol. The van der Waals surface area contributed by atoms with E-state index in [1.54, 1.807) is 6.92 Å². The van der Waals surface area contributed by atoms with E-state index >= 15 is 0 Å². The Morgan fingerprint density at radius 1 is 1.35 bits per heavy atom. The van der Waals surface area contributed by atoms with Crippen LogP contribution in [0.3, 0.4) is 0 Å². The largest absolute Gasteiger partial charge is 0.396 e. The lowest BCUT2D eigenvalue weighted by molar-refractivity contribution is -0.133. The molecule has 0 aliphatic heterocycles. The molecule has 2 N–H and O–H groups in total. The normalized spacial score (nSPS) is 13.0. The monoisotopic (exact) mass is 279 g/mol. The number of benzene rings is 1. The molecule has 0 aromatic heterocycles. The van der Waals surface area contributed by atoms with E-state index in [0.717, 1.165) is 5.56 Å². The molecule has 0 spiro atoms. The zero-order valence-corrected chi connectivity index (χ0v) is 12.6. The number of carbonyl (C=O) groups is 1. The number of aliphatic hydroxyl groups is 1. The molecule has 1 amide bonds. The topological polar surface area (TPSA) is 58.6 Å². The van der Waals surface area contributed by atoms with Gasteiger partial charge in [-0.25, -0.2) is 0 Å². The highest BCUT2D eigenvalue weighted by atomic mass is 16.5. The van der Waals surface area contributed by atoms with E-state index in [-0.39, 0.29) is 17.9 Å². The molecule has 0 aliphatic rings. The summed E-state index contributed by atoms with van der Waals surface area (Å²) in [6, 6.07) is 9.77. The number of ether oxygens (including phenoxy) is 1. The van der Waals surface area contributed by atoms with Crippen molar-refractivity contribution in [1.29, 1.82) is 0 Å². The molecule has 0 aliphatic carbocycles. The predicted octanol–water partition coefficient (Wildman–Crippen LogP) is 2.12. The number of rotatable bonds is 8. The molecule has 1 aromatic carbocycles. The number of hydrogen-bond acceptors (Lipinski definition) is 3. The van der Waals surface area contributed by atoms with Crippen LogP contribution in [0.25, 0.3) is 0 Å².